The summed E-state index contributed by atoms with van der Waals surface area (Å²) < 4.78 is 26.1. The zero-order valence-electron chi connectivity index (χ0n) is 13.1. The molecule has 1 amide bonds. The number of halogens is 2. The Morgan fingerprint density at radius 1 is 1.17 bits per heavy atom. The number of nitrogens with one attached hydrogen (secondary N) is 1. The topological polar surface area (TPSA) is 49.3 Å². The van der Waals surface area contributed by atoms with Gasteiger partial charge < -0.3 is 10.4 Å². The number of carbonyl (C=O) groups excluding carboxylic acids is 1. The van der Waals surface area contributed by atoms with Crippen molar-refractivity contribution in [3.63, 3.8) is 0 Å². The highest BCUT2D eigenvalue weighted by Crippen LogP contribution is 2.29. The molecule has 0 bridgehead atoms. The van der Waals surface area contributed by atoms with Crippen LogP contribution in [0.2, 0.25) is 0 Å². The first-order valence-electron chi connectivity index (χ1n) is 8.07. The molecule has 24 heavy (non-hydrogen) atoms. The molecule has 0 radical (unpaired) electrons. The minimum Gasteiger partial charge on any atom is -0.387 e. The van der Waals surface area contributed by atoms with E-state index in [0.717, 1.165) is 37.8 Å². The van der Waals surface area contributed by atoms with Crippen LogP contribution in [0.15, 0.2) is 24.3 Å². The summed E-state index contributed by atoms with van der Waals surface area (Å²) in [6.45, 7) is -0.0491. The number of fused-ring (bicyclic) bond motifs is 1. The van der Waals surface area contributed by atoms with Gasteiger partial charge in [0, 0.05) is 11.4 Å². The quantitative estimate of drug-likeness (QED) is 0.824. The summed E-state index contributed by atoms with van der Waals surface area (Å²) in [5, 5.41) is 12.7. The van der Waals surface area contributed by atoms with Crippen molar-refractivity contribution in [3.05, 3.63) is 56.8 Å². The van der Waals surface area contributed by atoms with Gasteiger partial charge in [0.2, 0.25) is 0 Å². The van der Waals surface area contributed by atoms with Gasteiger partial charge in [0.05, 0.1) is 11.0 Å². The van der Waals surface area contributed by atoms with E-state index in [2.05, 4.69) is 5.32 Å². The number of aryl methyl sites for hydroxylation is 2. The molecule has 1 atom stereocenters. The van der Waals surface area contributed by atoms with E-state index in [1.54, 1.807) is 0 Å². The number of amides is 1. The van der Waals surface area contributed by atoms with Crippen LogP contribution in [0.4, 0.5) is 8.78 Å². The minimum absolute atomic E-state index is 0.0491. The third kappa shape index (κ3) is 3.82. The molecule has 0 saturated heterocycles. The molecule has 0 spiro atoms. The number of thiophene rings is 1. The smallest absolute Gasteiger partial charge is 0.261 e. The van der Waals surface area contributed by atoms with E-state index >= 15 is 0 Å². The molecule has 0 saturated carbocycles. The van der Waals surface area contributed by atoms with E-state index in [1.807, 2.05) is 6.07 Å². The predicted molar refractivity (Wildman–Crippen MR) is 89.2 cm³/mol. The molecule has 3 nitrogen and oxygen atoms in total. The van der Waals surface area contributed by atoms with Crippen LogP contribution in [-0.4, -0.2) is 17.6 Å². The Labute approximate surface area is 143 Å². The largest absolute Gasteiger partial charge is 0.387 e. The van der Waals surface area contributed by atoms with Crippen molar-refractivity contribution in [2.24, 2.45) is 0 Å². The number of rotatable bonds is 4. The van der Waals surface area contributed by atoms with Crippen LogP contribution in [0.3, 0.4) is 0 Å². The highest BCUT2D eigenvalue weighted by molar-refractivity contribution is 7.14. The average molecular weight is 351 g/mol. The van der Waals surface area contributed by atoms with Gasteiger partial charge in [-0.3, -0.25) is 4.79 Å². The lowest BCUT2D eigenvalue weighted by molar-refractivity contribution is 0.0920. The van der Waals surface area contributed by atoms with Crippen LogP contribution in [0, 0.1) is 11.6 Å². The molecular formula is C18H19F2NO2S. The van der Waals surface area contributed by atoms with Crippen molar-refractivity contribution in [1.82, 2.24) is 5.32 Å². The zero-order valence-corrected chi connectivity index (χ0v) is 14.0. The summed E-state index contributed by atoms with van der Waals surface area (Å²) in [5.41, 5.74) is 1.49. The van der Waals surface area contributed by atoms with Gasteiger partial charge in [-0.05, 0) is 55.0 Å². The molecule has 1 heterocycles. The predicted octanol–water partition coefficient (Wildman–Crippen LogP) is 3.76. The van der Waals surface area contributed by atoms with Gasteiger partial charge in [0.15, 0.2) is 11.6 Å². The van der Waals surface area contributed by atoms with E-state index in [1.165, 1.54) is 34.3 Å². The highest BCUT2D eigenvalue weighted by Gasteiger charge is 2.18. The summed E-state index contributed by atoms with van der Waals surface area (Å²) in [6.07, 6.45) is 4.48. The van der Waals surface area contributed by atoms with E-state index < -0.39 is 17.7 Å². The Morgan fingerprint density at radius 3 is 2.75 bits per heavy atom. The number of hydrogen-bond acceptors (Lipinski definition) is 3. The van der Waals surface area contributed by atoms with Crippen LogP contribution in [-0.2, 0) is 12.8 Å². The molecule has 6 heteroatoms. The van der Waals surface area contributed by atoms with Crippen LogP contribution in [0.1, 0.15) is 51.0 Å². The Kier molecular flexibility index (Phi) is 5.26. The number of carbonyl (C=O) groups is 1. The fourth-order valence-electron chi connectivity index (χ4n) is 2.89. The summed E-state index contributed by atoms with van der Waals surface area (Å²) in [7, 11) is 0. The normalized spacial score (nSPS) is 15.5. The van der Waals surface area contributed by atoms with Crippen molar-refractivity contribution in [2.45, 2.75) is 38.2 Å². The van der Waals surface area contributed by atoms with Crippen LogP contribution >= 0.6 is 11.3 Å². The number of aliphatic hydroxyl groups is 1. The first kappa shape index (κ1) is 17.0. The maximum atomic E-state index is 13.2. The van der Waals surface area contributed by atoms with E-state index in [4.69, 9.17) is 0 Å². The summed E-state index contributed by atoms with van der Waals surface area (Å²) in [4.78, 5) is 14.2. The summed E-state index contributed by atoms with van der Waals surface area (Å²) in [5.74, 6) is -2.22. The first-order chi connectivity index (χ1) is 11.5. The molecule has 2 N–H and O–H groups in total. The summed E-state index contributed by atoms with van der Waals surface area (Å²) >= 11 is 1.51. The Morgan fingerprint density at radius 2 is 1.96 bits per heavy atom. The van der Waals surface area contributed by atoms with Crippen LogP contribution in [0.25, 0.3) is 0 Å². The van der Waals surface area contributed by atoms with E-state index in [9.17, 15) is 18.7 Å². The Bertz CT molecular complexity index is 721. The fraction of sp³-hybridized carbons (Fsp3) is 0.389. The molecule has 0 fully saturated rings. The number of aliphatic hydroxyl groups excluding tert-OH is 1. The standard InChI is InChI=1S/C18H19F2NO2S/c19-13-7-6-11(8-14(13)20)15(22)10-21-18(23)17-9-12-4-2-1-3-5-16(12)24-17/h6-9,15,22H,1-5,10H2,(H,21,23)/t15-/m1/s1. The SMILES string of the molecule is O=C(NC[C@@H](O)c1ccc(F)c(F)c1)c1cc2c(s1)CCCCC2. The molecule has 0 unspecified atom stereocenters. The van der Waals surface area contributed by atoms with Crippen molar-refractivity contribution in [2.75, 3.05) is 6.54 Å². The molecule has 1 aromatic carbocycles. The second-order valence-electron chi connectivity index (χ2n) is 6.02. The molecular weight excluding hydrogens is 332 g/mol. The monoisotopic (exact) mass is 351 g/mol. The lowest BCUT2D eigenvalue weighted by Crippen LogP contribution is -2.27. The van der Waals surface area contributed by atoms with Gasteiger partial charge in [-0.15, -0.1) is 11.3 Å². The van der Waals surface area contributed by atoms with Crippen molar-refractivity contribution >= 4 is 17.2 Å². The molecule has 1 aliphatic carbocycles. The van der Waals surface area contributed by atoms with Gasteiger partial charge in [0.1, 0.15) is 0 Å². The van der Waals surface area contributed by atoms with Crippen molar-refractivity contribution < 1.29 is 18.7 Å². The van der Waals surface area contributed by atoms with Crippen molar-refractivity contribution in [3.8, 4) is 0 Å². The maximum Gasteiger partial charge on any atom is 0.261 e. The van der Waals surface area contributed by atoms with Gasteiger partial charge in [0.25, 0.3) is 5.91 Å². The maximum absolute atomic E-state index is 13.2. The molecule has 0 aliphatic heterocycles. The number of hydrogen-bond donors (Lipinski definition) is 2. The molecule has 3 rings (SSSR count). The Balaban J connectivity index is 1.61. The minimum atomic E-state index is -1.08. The van der Waals surface area contributed by atoms with Crippen LogP contribution < -0.4 is 5.32 Å². The highest BCUT2D eigenvalue weighted by atomic mass is 32.1. The fourth-order valence-corrected chi connectivity index (χ4v) is 4.06. The molecule has 1 aliphatic rings. The molecule has 2 aromatic rings. The zero-order chi connectivity index (χ0) is 17.1. The lowest BCUT2D eigenvalue weighted by Gasteiger charge is -2.12. The molecule has 1 aromatic heterocycles. The first-order valence-corrected chi connectivity index (χ1v) is 8.89. The van der Waals surface area contributed by atoms with Crippen LogP contribution in [0.5, 0.6) is 0 Å². The Hall–Kier alpha value is -1.79. The van der Waals surface area contributed by atoms with Gasteiger partial charge in [-0.25, -0.2) is 8.78 Å². The summed E-state index contributed by atoms with van der Waals surface area (Å²) in [6, 6.07) is 5.15. The van der Waals surface area contributed by atoms with Gasteiger partial charge in [-0.2, -0.15) is 0 Å². The second kappa shape index (κ2) is 7.40. The van der Waals surface area contributed by atoms with Gasteiger partial charge >= 0.3 is 0 Å². The van der Waals surface area contributed by atoms with Gasteiger partial charge in [-0.1, -0.05) is 12.5 Å². The average Bonchev–Trinajstić information content (AvgIpc) is 2.85. The lowest BCUT2D eigenvalue weighted by atomic mass is 10.1. The third-order valence-corrected chi connectivity index (χ3v) is 5.49. The third-order valence-electron chi connectivity index (χ3n) is 4.25. The molecule has 128 valence electrons. The van der Waals surface area contributed by atoms with E-state index in [0.29, 0.717) is 4.88 Å². The second-order valence-corrected chi connectivity index (χ2v) is 7.16. The van der Waals surface area contributed by atoms with E-state index in [-0.39, 0.29) is 18.0 Å². The van der Waals surface area contributed by atoms with Crippen molar-refractivity contribution in [1.29, 1.82) is 0 Å². The number of benzene rings is 1.